The first-order valence-corrected chi connectivity index (χ1v) is 8.69. The maximum absolute atomic E-state index is 12.0. The molecule has 0 bridgehead atoms. The Morgan fingerprint density at radius 2 is 2.08 bits per heavy atom. The molecule has 2 aromatic rings. The molecule has 0 aliphatic heterocycles. The molecule has 24 heavy (non-hydrogen) atoms. The van der Waals surface area contributed by atoms with Crippen LogP contribution in [0.2, 0.25) is 0 Å². The second kappa shape index (κ2) is 9.08. The lowest BCUT2D eigenvalue weighted by Crippen LogP contribution is -2.34. The Balaban J connectivity index is 1.64. The average molecular weight is 346 g/mol. The standard InChI is InChI=1S/C18H22N2O3S/c1-14-5-3-6-15(13-14)23-11-10-20(2)17(21)8-9-19-18(22)16-7-4-12-24-16/h3-7,12-13H,8-11H2,1-2H3,(H,19,22). The van der Waals surface area contributed by atoms with Crippen LogP contribution in [0.25, 0.3) is 0 Å². The van der Waals surface area contributed by atoms with Crippen LogP contribution in [0.4, 0.5) is 0 Å². The van der Waals surface area contributed by atoms with E-state index in [1.54, 1.807) is 18.0 Å². The summed E-state index contributed by atoms with van der Waals surface area (Å²) < 4.78 is 5.64. The van der Waals surface area contributed by atoms with Crippen LogP contribution < -0.4 is 10.1 Å². The normalized spacial score (nSPS) is 10.2. The molecule has 0 saturated carbocycles. The van der Waals surface area contributed by atoms with Gasteiger partial charge in [0.25, 0.3) is 5.91 Å². The van der Waals surface area contributed by atoms with E-state index in [4.69, 9.17) is 4.74 Å². The number of nitrogens with zero attached hydrogens (tertiary/aromatic N) is 1. The van der Waals surface area contributed by atoms with Crippen molar-refractivity contribution in [2.75, 3.05) is 26.7 Å². The predicted octanol–water partition coefficient (Wildman–Crippen LogP) is 2.71. The van der Waals surface area contributed by atoms with Gasteiger partial charge in [0.2, 0.25) is 5.91 Å². The van der Waals surface area contributed by atoms with E-state index in [0.29, 0.717) is 24.6 Å². The maximum Gasteiger partial charge on any atom is 0.261 e. The third-order valence-corrected chi connectivity index (χ3v) is 4.35. The van der Waals surface area contributed by atoms with Crippen molar-refractivity contribution in [1.29, 1.82) is 0 Å². The Morgan fingerprint density at radius 3 is 2.79 bits per heavy atom. The number of carbonyl (C=O) groups is 2. The van der Waals surface area contributed by atoms with Crippen LogP contribution in [0.5, 0.6) is 5.75 Å². The second-order valence-electron chi connectivity index (χ2n) is 5.46. The summed E-state index contributed by atoms with van der Waals surface area (Å²) in [5.41, 5.74) is 1.14. The minimum atomic E-state index is -0.136. The van der Waals surface area contributed by atoms with Crippen LogP contribution in [-0.2, 0) is 4.79 Å². The van der Waals surface area contributed by atoms with Crippen molar-refractivity contribution in [1.82, 2.24) is 10.2 Å². The molecule has 1 aromatic heterocycles. The van der Waals surface area contributed by atoms with Crippen molar-refractivity contribution in [2.45, 2.75) is 13.3 Å². The number of hydrogen-bond acceptors (Lipinski definition) is 4. The molecular formula is C18H22N2O3S. The summed E-state index contributed by atoms with van der Waals surface area (Å²) in [5, 5.41) is 4.60. The van der Waals surface area contributed by atoms with Gasteiger partial charge >= 0.3 is 0 Å². The first-order chi connectivity index (χ1) is 11.6. The van der Waals surface area contributed by atoms with Gasteiger partial charge in [0.1, 0.15) is 12.4 Å². The molecule has 1 heterocycles. The van der Waals surface area contributed by atoms with Gasteiger partial charge in [-0.2, -0.15) is 0 Å². The Hall–Kier alpha value is -2.34. The van der Waals surface area contributed by atoms with Crippen molar-refractivity contribution >= 4 is 23.2 Å². The zero-order chi connectivity index (χ0) is 17.4. The SMILES string of the molecule is Cc1cccc(OCCN(C)C(=O)CCNC(=O)c2cccs2)c1. The fraction of sp³-hybridized carbons (Fsp3) is 0.333. The van der Waals surface area contributed by atoms with Gasteiger partial charge < -0.3 is 15.0 Å². The van der Waals surface area contributed by atoms with E-state index in [1.165, 1.54) is 11.3 Å². The average Bonchev–Trinajstić information content (AvgIpc) is 3.09. The number of aryl methyl sites for hydroxylation is 1. The van der Waals surface area contributed by atoms with Gasteiger partial charge in [0, 0.05) is 20.0 Å². The van der Waals surface area contributed by atoms with Crippen molar-refractivity contribution in [2.24, 2.45) is 0 Å². The van der Waals surface area contributed by atoms with Crippen LogP contribution in [-0.4, -0.2) is 43.5 Å². The van der Waals surface area contributed by atoms with E-state index < -0.39 is 0 Å². The van der Waals surface area contributed by atoms with E-state index in [1.807, 2.05) is 42.6 Å². The number of hydrogen-bond donors (Lipinski definition) is 1. The fourth-order valence-electron chi connectivity index (χ4n) is 2.10. The third-order valence-electron chi connectivity index (χ3n) is 3.48. The molecule has 0 fully saturated rings. The summed E-state index contributed by atoms with van der Waals surface area (Å²) in [6.07, 6.45) is 0.276. The van der Waals surface area contributed by atoms with Gasteiger partial charge in [-0.15, -0.1) is 11.3 Å². The van der Waals surface area contributed by atoms with Crippen LogP contribution in [0, 0.1) is 6.92 Å². The van der Waals surface area contributed by atoms with Crippen molar-refractivity contribution in [3.05, 3.63) is 52.2 Å². The summed E-state index contributed by atoms with van der Waals surface area (Å²) in [7, 11) is 1.74. The number of benzene rings is 1. The number of carbonyl (C=O) groups excluding carboxylic acids is 2. The highest BCUT2D eigenvalue weighted by Crippen LogP contribution is 2.12. The zero-order valence-corrected chi connectivity index (χ0v) is 14.8. The molecule has 1 aromatic carbocycles. The minimum absolute atomic E-state index is 0.0191. The molecule has 6 heteroatoms. The number of ether oxygens (including phenoxy) is 1. The Kier molecular flexibility index (Phi) is 6.81. The summed E-state index contributed by atoms with van der Waals surface area (Å²) >= 11 is 1.38. The number of amides is 2. The third kappa shape index (κ3) is 5.70. The zero-order valence-electron chi connectivity index (χ0n) is 14.0. The highest BCUT2D eigenvalue weighted by Gasteiger charge is 2.10. The molecule has 0 atom stereocenters. The molecule has 0 unspecified atom stereocenters. The van der Waals surface area contributed by atoms with Gasteiger partial charge in [-0.1, -0.05) is 18.2 Å². The molecule has 0 saturated heterocycles. The van der Waals surface area contributed by atoms with E-state index >= 15 is 0 Å². The topological polar surface area (TPSA) is 58.6 Å². The monoisotopic (exact) mass is 346 g/mol. The van der Waals surface area contributed by atoms with E-state index in [9.17, 15) is 9.59 Å². The molecule has 0 radical (unpaired) electrons. The van der Waals surface area contributed by atoms with Gasteiger partial charge in [-0.25, -0.2) is 0 Å². The summed E-state index contributed by atoms with van der Waals surface area (Å²) in [5.74, 6) is 0.650. The van der Waals surface area contributed by atoms with Gasteiger partial charge in [0.05, 0.1) is 11.4 Å². The molecule has 0 aliphatic carbocycles. The van der Waals surface area contributed by atoms with Gasteiger partial charge in [-0.3, -0.25) is 9.59 Å². The molecule has 2 rings (SSSR count). The van der Waals surface area contributed by atoms with Crippen LogP contribution in [0.15, 0.2) is 41.8 Å². The van der Waals surface area contributed by atoms with Gasteiger partial charge in [-0.05, 0) is 36.1 Å². The number of rotatable bonds is 8. The first kappa shape index (κ1) is 18.0. The lowest BCUT2D eigenvalue weighted by Gasteiger charge is -2.17. The molecule has 0 spiro atoms. The van der Waals surface area contributed by atoms with Crippen LogP contribution >= 0.6 is 11.3 Å². The summed E-state index contributed by atoms with van der Waals surface area (Å²) in [6.45, 7) is 3.28. The minimum Gasteiger partial charge on any atom is -0.492 e. The van der Waals surface area contributed by atoms with E-state index in [0.717, 1.165) is 11.3 Å². The van der Waals surface area contributed by atoms with Crippen molar-refractivity contribution < 1.29 is 14.3 Å². The highest BCUT2D eigenvalue weighted by molar-refractivity contribution is 7.12. The van der Waals surface area contributed by atoms with Crippen molar-refractivity contribution in [3.8, 4) is 5.75 Å². The predicted molar refractivity (Wildman–Crippen MR) is 95.6 cm³/mol. The second-order valence-corrected chi connectivity index (χ2v) is 6.41. The number of thiophene rings is 1. The molecule has 128 valence electrons. The highest BCUT2D eigenvalue weighted by atomic mass is 32.1. The van der Waals surface area contributed by atoms with E-state index in [-0.39, 0.29) is 18.2 Å². The summed E-state index contributed by atoms with van der Waals surface area (Å²) in [4.78, 5) is 26.1. The lowest BCUT2D eigenvalue weighted by molar-refractivity contribution is -0.130. The Bertz CT molecular complexity index is 671. The lowest BCUT2D eigenvalue weighted by atomic mass is 10.2. The number of likely N-dealkylation sites (N-methyl/N-ethyl adjacent to an activating group) is 1. The van der Waals surface area contributed by atoms with Crippen molar-refractivity contribution in [3.63, 3.8) is 0 Å². The number of nitrogens with one attached hydrogen (secondary N) is 1. The molecule has 5 nitrogen and oxygen atoms in total. The maximum atomic E-state index is 12.0. The molecule has 2 amide bonds. The van der Waals surface area contributed by atoms with Gasteiger partial charge in [0.15, 0.2) is 0 Å². The molecule has 0 aliphatic rings. The molecule has 1 N–H and O–H groups in total. The fourth-order valence-corrected chi connectivity index (χ4v) is 2.74. The smallest absolute Gasteiger partial charge is 0.261 e. The quantitative estimate of drug-likeness (QED) is 0.799. The Morgan fingerprint density at radius 1 is 1.25 bits per heavy atom. The van der Waals surface area contributed by atoms with E-state index in [2.05, 4.69) is 5.32 Å². The van der Waals surface area contributed by atoms with Crippen LogP contribution in [0.3, 0.4) is 0 Å². The summed E-state index contributed by atoms with van der Waals surface area (Å²) in [6, 6.07) is 11.4. The van der Waals surface area contributed by atoms with Crippen LogP contribution in [0.1, 0.15) is 21.7 Å². The Labute approximate surface area is 146 Å². The molecular weight excluding hydrogens is 324 g/mol. The largest absolute Gasteiger partial charge is 0.492 e. The first-order valence-electron chi connectivity index (χ1n) is 7.81.